The molecule has 1 N–H and O–H groups in total. The number of likely N-dealkylation sites (N-methyl/N-ethyl adjacent to an activating group) is 1. The first kappa shape index (κ1) is 19.4. The highest BCUT2D eigenvalue weighted by atomic mass is 35.5. The second-order valence-electron chi connectivity index (χ2n) is 5.93. The third kappa shape index (κ3) is 4.80. The minimum atomic E-state index is -0.233. The molecule has 1 aromatic carbocycles. The number of rotatable bonds is 7. The maximum atomic E-state index is 12.4. The van der Waals surface area contributed by atoms with Gasteiger partial charge in [0.15, 0.2) is 0 Å². The average Bonchev–Trinajstić information content (AvgIpc) is 2.61. The fraction of sp³-hybridized carbons (Fsp3) is 0.500. The summed E-state index contributed by atoms with van der Waals surface area (Å²) in [6.07, 6.45) is 0.684. The van der Waals surface area contributed by atoms with Crippen LogP contribution in [0.2, 0.25) is 5.02 Å². The number of amides is 2. The molecule has 1 aliphatic heterocycles. The summed E-state index contributed by atoms with van der Waals surface area (Å²) >= 11 is 6.37. The maximum Gasteiger partial charge on any atom is 0.267 e. The van der Waals surface area contributed by atoms with E-state index < -0.39 is 0 Å². The number of carbonyl (C=O) groups excluding carboxylic acids is 2. The summed E-state index contributed by atoms with van der Waals surface area (Å²) in [4.78, 5) is 26.2. The van der Waals surface area contributed by atoms with E-state index in [1.165, 1.54) is 5.01 Å². The molecule has 1 aliphatic rings. The van der Waals surface area contributed by atoms with Crippen molar-refractivity contribution < 1.29 is 9.59 Å². The van der Waals surface area contributed by atoms with Crippen LogP contribution in [0.3, 0.4) is 0 Å². The molecule has 1 atom stereocenters. The molecule has 0 aromatic heterocycles. The van der Waals surface area contributed by atoms with Crippen LogP contribution in [0.15, 0.2) is 29.4 Å². The molecule has 0 spiro atoms. The van der Waals surface area contributed by atoms with Gasteiger partial charge in [0.25, 0.3) is 5.91 Å². The Labute approximate surface area is 153 Å². The van der Waals surface area contributed by atoms with Crippen molar-refractivity contribution in [3.8, 4) is 0 Å². The molecule has 25 heavy (non-hydrogen) atoms. The van der Waals surface area contributed by atoms with Gasteiger partial charge < -0.3 is 5.32 Å². The summed E-state index contributed by atoms with van der Waals surface area (Å²) in [5.74, 6) is -0.308. The number of nitrogens with zero attached hydrogens (tertiary/aromatic N) is 3. The summed E-state index contributed by atoms with van der Waals surface area (Å²) in [5, 5.41) is 8.94. The second-order valence-corrected chi connectivity index (χ2v) is 6.34. The number of nitrogens with one attached hydrogen (secondary N) is 1. The van der Waals surface area contributed by atoms with E-state index >= 15 is 0 Å². The van der Waals surface area contributed by atoms with Gasteiger partial charge in [-0.3, -0.25) is 14.5 Å². The Morgan fingerprint density at radius 2 is 2.00 bits per heavy atom. The summed E-state index contributed by atoms with van der Waals surface area (Å²) < 4.78 is 0. The molecule has 1 unspecified atom stereocenters. The molecule has 7 heteroatoms. The minimum absolute atomic E-state index is 0.0174. The standard InChI is InChI=1S/C18H25ClN4O2/c1-4-23(5-2)16(13-8-6-7-9-14(13)19)12-20-18(25)15-10-11-17(24)22(3)21-15/h6-9,16H,4-5,10-12H2,1-3H3,(H,20,25). The highest BCUT2D eigenvalue weighted by Crippen LogP contribution is 2.27. The highest BCUT2D eigenvalue weighted by Gasteiger charge is 2.25. The molecule has 136 valence electrons. The summed E-state index contributed by atoms with van der Waals surface area (Å²) in [5.41, 5.74) is 1.38. The minimum Gasteiger partial charge on any atom is -0.349 e. The van der Waals surface area contributed by atoms with E-state index in [9.17, 15) is 9.59 Å². The van der Waals surface area contributed by atoms with Crippen LogP contribution < -0.4 is 5.32 Å². The number of halogens is 1. The van der Waals surface area contributed by atoms with E-state index in [0.29, 0.717) is 30.1 Å². The molecule has 0 fully saturated rings. The molecule has 2 amide bonds. The predicted octanol–water partition coefficient (Wildman–Crippen LogP) is 2.45. The molecule has 1 heterocycles. The Bertz CT molecular complexity index is 658. The van der Waals surface area contributed by atoms with Crippen molar-refractivity contribution in [1.82, 2.24) is 15.2 Å². The van der Waals surface area contributed by atoms with E-state index in [0.717, 1.165) is 18.7 Å². The Balaban J connectivity index is 2.12. The van der Waals surface area contributed by atoms with Crippen molar-refractivity contribution >= 4 is 29.1 Å². The van der Waals surface area contributed by atoms with Crippen LogP contribution in [0.25, 0.3) is 0 Å². The van der Waals surface area contributed by atoms with E-state index in [1.54, 1.807) is 7.05 Å². The molecular formula is C18H25ClN4O2. The fourth-order valence-electron chi connectivity index (χ4n) is 2.97. The number of carbonyl (C=O) groups is 2. The van der Waals surface area contributed by atoms with Crippen LogP contribution in [0.5, 0.6) is 0 Å². The molecular weight excluding hydrogens is 340 g/mol. The predicted molar refractivity (Wildman–Crippen MR) is 99.6 cm³/mol. The van der Waals surface area contributed by atoms with E-state index in [2.05, 4.69) is 29.2 Å². The van der Waals surface area contributed by atoms with Crippen LogP contribution in [-0.4, -0.2) is 54.1 Å². The average molecular weight is 365 g/mol. The topological polar surface area (TPSA) is 65.0 Å². The van der Waals surface area contributed by atoms with Crippen molar-refractivity contribution in [3.05, 3.63) is 34.9 Å². The van der Waals surface area contributed by atoms with Gasteiger partial charge in [-0.25, -0.2) is 5.01 Å². The fourth-order valence-corrected chi connectivity index (χ4v) is 3.23. The normalized spacial score (nSPS) is 16.0. The summed E-state index contributed by atoms with van der Waals surface area (Å²) in [7, 11) is 1.57. The third-order valence-corrected chi connectivity index (χ3v) is 4.79. The number of hydrogen-bond donors (Lipinski definition) is 1. The van der Waals surface area contributed by atoms with Crippen LogP contribution in [0, 0.1) is 0 Å². The zero-order valence-corrected chi connectivity index (χ0v) is 15.7. The second kappa shape index (κ2) is 8.97. The lowest BCUT2D eigenvalue weighted by Gasteiger charge is -2.31. The Kier molecular flexibility index (Phi) is 6.96. The lowest BCUT2D eigenvalue weighted by Crippen LogP contribution is -2.42. The molecule has 0 bridgehead atoms. The molecule has 0 radical (unpaired) electrons. The van der Waals surface area contributed by atoms with Crippen LogP contribution in [0.4, 0.5) is 0 Å². The van der Waals surface area contributed by atoms with Gasteiger partial charge in [-0.2, -0.15) is 5.10 Å². The van der Waals surface area contributed by atoms with Crippen molar-refractivity contribution in [2.45, 2.75) is 32.7 Å². The Hall–Kier alpha value is -1.92. The SMILES string of the molecule is CCN(CC)C(CNC(=O)C1=NN(C)C(=O)CC1)c1ccccc1Cl. The van der Waals surface area contributed by atoms with Crippen molar-refractivity contribution in [3.63, 3.8) is 0 Å². The molecule has 0 aliphatic carbocycles. The van der Waals surface area contributed by atoms with Gasteiger partial charge in [0, 0.05) is 31.5 Å². The van der Waals surface area contributed by atoms with Gasteiger partial charge in [0.1, 0.15) is 5.71 Å². The number of benzene rings is 1. The van der Waals surface area contributed by atoms with Gasteiger partial charge in [-0.15, -0.1) is 0 Å². The lowest BCUT2D eigenvalue weighted by atomic mass is 10.0. The number of hydrazone groups is 1. The van der Waals surface area contributed by atoms with Crippen molar-refractivity contribution in [2.75, 3.05) is 26.7 Å². The van der Waals surface area contributed by atoms with Crippen LogP contribution in [-0.2, 0) is 9.59 Å². The first-order chi connectivity index (χ1) is 12.0. The quantitative estimate of drug-likeness (QED) is 0.808. The van der Waals surface area contributed by atoms with Gasteiger partial charge >= 0.3 is 0 Å². The van der Waals surface area contributed by atoms with Crippen molar-refractivity contribution in [2.24, 2.45) is 5.10 Å². The maximum absolute atomic E-state index is 12.4. The van der Waals surface area contributed by atoms with Gasteiger partial charge in [-0.1, -0.05) is 43.6 Å². The third-order valence-electron chi connectivity index (χ3n) is 4.44. The van der Waals surface area contributed by atoms with Gasteiger partial charge in [-0.05, 0) is 24.7 Å². The zero-order valence-electron chi connectivity index (χ0n) is 15.0. The zero-order chi connectivity index (χ0) is 18.4. The van der Waals surface area contributed by atoms with Gasteiger partial charge in [0.05, 0.1) is 6.04 Å². The first-order valence-electron chi connectivity index (χ1n) is 8.58. The van der Waals surface area contributed by atoms with E-state index in [4.69, 9.17) is 11.6 Å². The smallest absolute Gasteiger partial charge is 0.267 e. The summed E-state index contributed by atoms with van der Waals surface area (Å²) in [6.45, 7) is 6.30. The first-order valence-corrected chi connectivity index (χ1v) is 8.96. The highest BCUT2D eigenvalue weighted by molar-refractivity contribution is 6.39. The van der Waals surface area contributed by atoms with E-state index in [1.807, 2.05) is 24.3 Å². The van der Waals surface area contributed by atoms with E-state index in [-0.39, 0.29) is 17.9 Å². The van der Waals surface area contributed by atoms with Crippen LogP contribution in [0.1, 0.15) is 38.3 Å². The molecule has 6 nitrogen and oxygen atoms in total. The molecule has 1 aromatic rings. The monoisotopic (exact) mass is 364 g/mol. The van der Waals surface area contributed by atoms with Crippen molar-refractivity contribution in [1.29, 1.82) is 0 Å². The number of hydrogen-bond acceptors (Lipinski definition) is 4. The largest absolute Gasteiger partial charge is 0.349 e. The molecule has 0 saturated carbocycles. The van der Waals surface area contributed by atoms with Crippen LogP contribution >= 0.6 is 11.6 Å². The Morgan fingerprint density at radius 1 is 1.32 bits per heavy atom. The Morgan fingerprint density at radius 3 is 2.60 bits per heavy atom. The molecule has 0 saturated heterocycles. The summed E-state index contributed by atoms with van der Waals surface area (Å²) in [6, 6.07) is 7.68. The molecule has 2 rings (SSSR count). The van der Waals surface area contributed by atoms with Gasteiger partial charge in [0.2, 0.25) is 5.91 Å². The lowest BCUT2D eigenvalue weighted by molar-refractivity contribution is -0.130.